The zero-order chi connectivity index (χ0) is 15.1. The number of fused-ring (bicyclic) bond motifs is 1. The molecule has 2 atom stereocenters. The van der Waals surface area contributed by atoms with Crippen LogP contribution in [0.3, 0.4) is 0 Å². The molecule has 0 fully saturated rings. The van der Waals surface area contributed by atoms with Crippen molar-refractivity contribution in [2.75, 3.05) is 0 Å². The lowest BCUT2D eigenvalue weighted by Crippen LogP contribution is -2.14. The largest absolute Gasteiger partial charge is 0.421 e. The summed E-state index contributed by atoms with van der Waals surface area (Å²) in [6, 6.07) is 16.2. The van der Waals surface area contributed by atoms with Crippen LogP contribution in [0, 0.1) is 6.92 Å². The molecule has 0 aliphatic heterocycles. The summed E-state index contributed by atoms with van der Waals surface area (Å²) < 4.78 is 5.44. The Kier molecular flexibility index (Phi) is 3.05. The highest BCUT2D eigenvalue weighted by Crippen LogP contribution is 2.38. The van der Waals surface area contributed by atoms with E-state index >= 15 is 0 Å². The van der Waals surface area contributed by atoms with Crippen molar-refractivity contribution in [2.45, 2.75) is 25.4 Å². The highest BCUT2D eigenvalue weighted by atomic mass is 16.4. The quantitative estimate of drug-likeness (QED) is 0.788. The third-order valence-electron chi connectivity index (χ3n) is 4.25. The van der Waals surface area contributed by atoms with E-state index in [0.717, 1.165) is 11.1 Å². The molecule has 0 amide bonds. The van der Waals surface area contributed by atoms with Crippen LogP contribution in [0.25, 0.3) is 11.5 Å². The molecule has 0 bridgehead atoms. The first-order chi connectivity index (χ1) is 10.7. The van der Waals surface area contributed by atoms with Gasteiger partial charge in [0.1, 0.15) is 0 Å². The fraction of sp³-hybridized carbons (Fsp3) is 0.222. The number of hydrogen-bond donors (Lipinski definition) is 1. The van der Waals surface area contributed by atoms with Crippen molar-refractivity contribution in [1.82, 2.24) is 10.2 Å². The molecular formula is C18H16N2O2. The average molecular weight is 292 g/mol. The number of aryl methyl sites for hydroxylation is 1. The molecule has 2 aromatic carbocycles. The van der Waals surface area contributed by atoms with Crippen molar-refractivity contribution in [2.24, 2.45) is 0 Å². The lowest BCUT2D eigenvalue weighted by atomic mass is 9.91. The minimum Gasteiger partial charge on any atom is -0.421 e. The Balaban J connectivity index is 1.69. The van der Waals surface area contributed by atoms with Crippen molar-refractivity contribution in [3.63, 3.8) is 0 Å². The molecule has 4 rings (SSSR count). The van der Waals surface area contributed by atoms with E-state index in [1.807, 2.05) is 36.4 Å². The molecule has 0 saturated heterocycles. The first-order valence-corrected chi connectivity index (χ1v) is 7.38. The highest BCUT2D eigenvalue weighted by molar-refractivity contribution is 5.55. The van der Waals surface area contributed by atoms with Crippen LogP contribution in [0.15, 0.2) is 52.9 Å². The summed E-state index contributed by atoms with van der Waals surface area (Å²) in [5.74, 6) is 1.12. The predicted molar refractivity (Wildman–Crippen MR) is 82.5 cm³/mol. The first-order valence-electron chi connectivity index (χ1n) is 7.38. The number of benzene rings is 2. The summed E-state index contributed by atoms with van der Waals surface area (Å²) >= 11 is 0. The molecule has 4 nitrogen and oxygen atoms in total. The van der Waals surface area contributed by atoms with Crippen LogP contribution in [-0.4, -0.2) is 21.4 Å². The molecule has 0 spiro atoms. The van der Waals surface area contributed by atoms with E-state index in [1.54, 1.807) is 6.92 Å². The summed E-state index contributed by atoms with van der Waals surface area (Å²) in [6.45, 7) is 1.77. The van der Waals surface area contributed by atoms with Crippen LogP contribution >= 0.6 is 0 Å². The van der Waals surface area contributed by atoms with Gasteiger partial charge in [-0.2, -0.15) is 0 Å². The van der Waals surface area contributed by atoms with E-state index in [0.29, 0.717) is 18.2 Å². The number of hydrogen-bond acceptors (Lipinski definition) is 4. The second-order valence-electron chi connectivity index (χ2n) is 5.70. The predicted octanol–water partition coefficient (Wildman–Crippen LogP) is 3.09. The van der Waals surface area contributed by atoms with Crippen LogP contribution in [0.5, 0.6) is 0 Å². The Morgan fingerprint density at radius 1 is 1.05 bits per heavy atom. The summed E-state index contributed by atoms with van der Waals surface area (Å²) in [6.07, 6.45) is 0.347. The molecule has 1 aliphatic carbocycles. The molecule has 110 valence electrons. The molecule has 22 heavy (non-hydrogen) atoms. The van der Waals surface area contributed by atoms with Crippen molar-refractivity contribution in [1.29, 1.82) is 0 Å². The Labute approximate surface area is 128 Å². The number of aliphatic hydroxyl groups is 1. The van der Waals surface area contributed by atoms with E-state index in [1.165, 1.54) is 11.1 Å². The molecular weight excluding hydrogens is 276 g/mol. The first kappa shape index (κ1) is 13.2. The van der Waals surface area contributed by atoms with E-state index in [9.17, 15) is 5.11 Å². The molecule has 4 heteroatoms. The summed E-state index contributed by atoms with van der Waals surface area (Å²) in [4.78, 5) is 0. The van der Waals surface area contributed by atoms with Gasteiger partial charge < -0.3 is 9.52 Å². The van der Waals surface area contributed by atoms with E-state index in [-0.39, 0.29) is 12.0 Å². The monoisotopic (exact) mass is 292 g/mol. The SMILES string of the molecule is Cc1nnc(-c2ccc([C@@H]3c4ccccc4C[C@H]3O)cc2)o1. The molecule has 1 heterocycles. The van der Waals surface area contributed by atoms with Crippen LogP contribution in [0.1, 0.15) is 28.5 Å². The van der Waals surface area contributed by atoms with Crippen molar-refractivity contribution in [3.8, 4) is 11.5 Å². The van der Waals surface area contributed by atoms with Gasteiger partial charge >= 0.3 is 0 Å². The Morgan fingerprint density at radius 3 is 2.55 bits per heavy atom. The zero-order valence-electron chi connectivity index (χ0n) is 12.2. The maximum Gasteiger partial charge on any atom is 0.247 e. The zero-order valence-corrected chi connectivity index (χ0v) is 12.2. The molecule has 1 aromatic heterocycles. The minimum atomic E-state index is -0.367. The fourth-order valence-corrected chi connectivity index (χ4v) is 3.22. The van der Waals surface area contributed by atoms with Gasteiger partial charge in [-0.3, -0.25) is 0 Å². The Bertz CT molecular complexity index is 808. The van der Waals surface area contributed by atoms with E-state index < -0.39 is 0 Å². The van der Waals surface area contributed by atoms with Gasteiger partial charge in [-0.05, 0) is 35.2 Å². The normalized spacial score (nSPS) is 20.1. The molecule has 0 radical (unpaired) electrons. The molecule has 1 N–H and O–H groups in total. The average Bonchev–Trinajstić information content (AvgIpc) is 3.10. The maximum absolute atomic E-state index is 10.4. The molecule has 3 aromatic rings. The second kappa shape index (κ2) is 5.07. The number of aromatic nitrogens is 2. The topological polar surface area (TPSA) is 59.2 Å². The Hall–Kier alpha value is -2.46. The standard InChI is InChI=1S/C18H16N2O2/c1-11-19-20-18(22-11)13-8-6-12(7-9-13)17-15-5-3-2-4-14(15)10-16(17)21/h2-9,16-17,21H,10H2,1H3/t16-,17-/m1/s1. The van der Waals surface area contributed by atoms with Gasteiger partial charge in [0.05, 0.1) is 6.10 Å². The summed E-state index contributed by atoms with van der Waals surface area (Å²) in [7, 11) is 0. The van der Waals surface area contributed by atoms with Crippen molar-refractivity contribution in [3.05, 3.63) is 71.1 Å². The van der Waals surface area contributed by atoms with E-state index in [2.05, 4.69) is 22.3 Å². The third kappa shape index (κ3) is 2.12. The lowest BCUT2D eigenvalue weighted by molar-refractivity contribution is 0.169. The molecule has 0 unspecified atom stereocenters. The second-order valence-corrected chi connectivity index (χ2v) is 5.70. The van der Waals surface area contributed by atoms with Gasteiger partial charge in [-0.15, -0.1) is 10.2 Å². The Morgan fingerprint density at radius 2 is 1.82 bits per heavy atom. The third-order valence-corrected chi connectivity index (χ3v) is 4.25. The molecule has 0 saturated carbocycles. The smallest absolute Gasteiger partial charge is 0.247 e. The van der Waals surface area contributed by atoms with Crippen LogP contribution in [0.4, 0.5) is 0 Å². The number of nitrogens with zero attached hydrogens (tertiary/aromatic N) is 2. The van der Waals surface area contributed by atoms with Crippen molar-refractivity contribution < 1.29 is 9.52 Å². The lowest BCUT2D eigenvalue weighted by Gasteiger charge is -2.16. The van der Waals surface area contributed by atoms with Crippen LogP contribution in [0.2, 0.25) is 0 Å². The van der Waals surface area contributed by atoms with Gasteiger partial charge in [-0.1, -0.05) is 36.4 Å². The van der Waals surface area contributed by atoms with Gasteiger partial charge in [0, 0.05) is 18.4 Å². The maximum atomic E-state index is 10.4. The number of aliphatic hydroxyl groups excluding tert-OH is 1. The highest BCUT2D eigenvalue weighted by Gasteiger charge is 2.31. The number of rotatable bonds is 2. The van der Waals surface area contributed by atoms with Gasteiger partial charge in [0.2, 0.25) is 11.8 Å². The minimum absolute atomic E-state index is 0.0367. The van der Waals surface area contributed by atoms with Gasteiger partial charge in [-0.25, -0.2) is 0 Å². The van der Waals surface area contributed by atoms with Crippen LogP contribution in [-0.2, 0) is 6.42 Å². The summed E-state index contributed by atoms with van der Waals surface area (Å²) in [5, 5.41) is 18.3. The van der Waals surface area contributed by atoms with Crippen LogP contribution < -0.4 is 0 Å². The van der Waals surface area contributed by atoms with Gasteiger partial charge in [0.15, 0.2) is 0 Å². The van der Waals surface area contributed by atoms with E-state index in [4.69, 9.17) is 4.42 Å². The molecule has 1 aliphatic rings. The fourth-order valence-electron chi connectivity index (χ4n) is 3.22. The van der Waals surface area contributed by atoms with Crippen molar-refractivity contribution >= 4 is 0 Å². The summed E-state index contributed by atoms with van der Waals surface area (Å²) in [5.41, 5.74) is 4.45. The van der Waals surface area contributed by atoms with Gasteiger partial charge in [0.25, 0.3) is 0 Å².